The molecule has 1 aromatic heterocycles. The maximum atomic E-state index is 12.9. The SMILES string of the molecule is C#C[C@H](O)[C@]1(C)COc2c(cn(C)c2C(=O)Nc2ccc(C)c(C#N)c2)S(=O)(=O)N1. The molecule has 10 heteroatoms. The van der Waals surface area contributed by atoms with Crippen molar-refractivity contribution in [2.45, 2.75) is 30.4 Å². The molecule has 3 N–H and O–H groups in total. The van der Waals surface area contributed by atoms with Crippen LogP contribution in [0.15, 0.2) is 29.3 Å². The molecule has 0 radical (unpaired) electrons. The Labute approximate surface area is 174 Å². The molecule has 1 aliphatic heterocycles. The van der Waals surface area contributed by atoms with Gasteiger partial charge in [-0.3, -0.25) is 4.79 Å². The van der Waals surface area contributed by atoms with Crippen LogP contribution in [0.5, 0.6) is 5.75 Å². The Morgan fingerprint density at radius 2 is 2.20 bits per heavy atom. The highest BCUT2D eigenvalue weighted by Crippen LogP contribution is 2.35. The molecule has 2 heterocycles. The highest BCUT2D eigenvalue weighted by Gasteiger charge is 2.43. The van der Waals surface area contributed by atoms with E-state index in [0.29, 0.717) is 11.3 Å². The molecule has 1 aliphatic rings. The first-order valence-corrected chi connectivity index (χ1v) is 10.3. The number of nitrogens with one attached hydrogen (secondary N) is 2. The molecular weight excluding hydrogens is 408 g/mol. The third-order valence-corrected chi connectivity index (χ3v) is 6.47. The number of rotatable bonds is 3. The molecule has 156 valence electrons. The number of terminal acetylenes is 1. The maximum absolute atomic E-state index is 12.9. The van der Waals surface area contributed by atoms with Crippen molar-refractivity contribution in [2.24, 2.45) is 7.05 Å². The fourth-order valence-corrected chi connectivity index (χ4v) is 4.70. The fourth-order valence-electron chi connectivity index (χ4n) is 3.11. The van der Waals surface area contributed by atoms with Gasteiger partial charge in [0.15, 0.2) is 11.4 Å². The number of aliphatic hydroxyl groups excluding tert-OH is 1. The van der Waals surface area contributed by atoms with E-state index in [-0.39, 0.29) is 22.9 Å². The molecule has 1 aromatic carbocycles. The number of carbonyl (C=O) groups is 1. The van der Waals surface area contributed by atoms with Crippen LogP contribution in [0.3, 0.4) is 0 Å². The second-order valence-corrected chi connectivity index (χ2v) is 8.91. The minimum atomic E-state index is -4.14. The fraction of sp³-hybridized carbons (Fsp3) is 0.300. The van der Waals surface area contributed by atoms with Gasteiger partial charge in [0.05, 0.1) is 11.6 Å². The number of carbonyl (C=O) groups excluding carboxylic acids is 1. The quantitative estimate of drug-likeness (QED) is 0.622. The molecule has 1 amide bonds. The lowest BCUT2D eigenvalue weighted by molar-refractivity contribution is 0.0898. The molecule has 9 nitrogen and oxygen atoms in total. The molecule has 3 rings (SSSR count). The van der Waals surface area contributed by atoms with Gasteiger partial charge in [-0.1, -0.05) is 12.0 Å². The summed E-state index contributed by atoms with van der Waals surface area (Å²) in [5.41, 5.74) is 0.0220. The monoisotopic (exact) mass is 428 g/mol. The summed E-state index contributed by atoms with van der Waals surface area (Å²) in [7, 11) is -2.63. The second-order valence-electron chi connectivity index (χ2n) is 7.26. The smallest absolute Gasteiger partial charge is 0.276 e. The van der Waals surface area contributed by atoms with Crippen LogP contribution in [-0.2, 0) is 17.1 Å². The van der Waals surface area contributed by atoms with Gasteiger partial charge in [0, 0.05) is 18.9 Å². The van der Waals surface area contributed by atoms with Gasteiger partial charge in [0.1, 0.15) is 23.1 Å². The minimum absolute atomic E-state index is 0.0334. The third-order valence-electron chi connectivity index (χ3n) is 4.87. The topological polar surface area (TPSA) is 133 Å². The molecule has 0 saturated heterocycles. The number of hydrogen-bond acceptors (Lipinski definition) is 6. The molecule has 0 aliphatic carbocycles. The first-order chi connectivity index (χ1) is 14.0. The Morgan fingerprint density at radius 1 is 1.50 bits per heavy atom. The molecule has 2 atom stereocenters. The van der Waals surface area contributed by atoms with Crippen molar-refractivity contribution in [3.63, 3.8) is 0 Å². The van der Waals surface area contributed by atoms with Crippen molar-refractivity contribution < 1.29 is 23.1 Å². The van der Waals surface area contributed by atoms with Gasteiger partial charge in [0.2, 0.25) is 10.0 Å². The van der Waals surface area contributed by atoms with Crippen molar-refractivity contribution in [3.05, 3.63) is 41.2 Å². The van der Waals surface area contributed by atoms with Crippen LogP contribution in [0.2, 0.25) is 0 Å². The molecule has 0 bridgehead atoms. The maximum Gasteiger partial charge on any atom is 0.276 e. The molecule has 2 aromatic rings. The Hall–Kier alpha value is -3.31. The number of hydrogen-bond donors (Lipinski definition) is 3. The number of nitrogens with zero attached hydrogens (tertiary/aromatic N) is 2. The van der Waals surface area contributed by atoms with E-state index < -0.39 is 27.6 Å². The van der Waals surface area contributed by atoms with Gasteiger partial charge in [0.25, 0.3) is 5.91 Å². The summed E-state index contributed by atoms with van der Waals surface area (Å²) in [6.45, 7) is 2.89. The van der Waals surface area contributed by atoms with Crippen molar-refractivity contribution >= 4 is 21.6 Å². The Kier molecular flexibility index (Phi) is 5.35. The lowest BCUT2D eigenvalue weighted by Crippen LogP contribution is -2.56. The summed E-state index contributed by atoms with van der Waals surface area (Å²) < 4.78 is 35.1. The average Bonchev–Trinajstić information content (AvgIpc) is 2.99. The van der Waals surface area contributed by atoms with Crippen molar-refractivity contribution in [2.75, 3.05) is 11.9 Å². The van der Waals surface area contributed by atoms with Crippen molar-refractivity contribution in [1.29, 1.82) is 5.26 Å². The molecular formula is C20H20N4O5S. The van der Waals surface area contributed by atoms with Crippen molar-refractivity contribution in [1.82, 2.24) is 9.29 Å². The van der Waals surface area contributed by atoms with Crippen LogP contribution in [0.1, 0.15) is 28.5 Å². The van der Waals surface area contributed by atoms with Gasteiger partial charge in [-0.05, 0) is 31.5 Å². The second kappa shape index (κ2) is 7.50. The summed E-state index contributed by atoms with van der Waals surface area (Å²) in [4.78, 5) is 12.7. The number of ether oxygens (including phenoxy) is 1. The van der Waals surface area contributed by atoms with E-state index in [1.165, 1.54) is 30.8 Å². The van der Waals surface area contributed by atoms with Crippen LogP contribution in [0, 0.1) is 30.6 Å². The average molecular weight is 428 g/mol. The number of anilines is 1. The van der Waals surface area contributed by atoms with Gasteiger partial charge in [-0.2, -0.15) is 9.98 Å². The predicted molar refractivity (Wildman–Crippen MR) is 108 cm³/mol. The molecule has 0 spiro atoms. The van der Waals surface area contributed by atoms with Gasteiger partial charge >= 0.3 is 0 Å². The normalized spacial score (nSPS) is 20.6. The minimum Gasteiger partial charge on any atom is -0.488 e. The zero-order valence-electron chi connectivity index (χ0n) is 16.6. The zero-order chi connectivity index (χ0) is 22.3. The highest BCUT2D eigenvalue weighted by molar-refractivity contribution is 7.89. The number of aliphatic hydroxyl groups is 1. The summed E-state index contributed by atoms with van der Waals surface area (Å²) >= 11 is 0. The summed E-state index contributed by atoms with van der Waals surface area (Å²) in [5.74, 6) is 1.32. The number of fused-ring (bicyclic) bond motifs is 1. The summed E-state index contributed by atoms with van der Waals surface area (Å²) in [5, 5.41) is 21.9. The molecule has 0 fully saturated rings. The lowest BCUT2D eigenvalue weighted by atomic mass is 9.98. The van der Waals surface area contributed by atoms with Gasteiger partial charge in [-0.15, -0.1) is 6.42 Å². The number of nitriles is 1. The van der Waals surface area contributed by atoms with Gasteiger partial charge in [-0.25, -0.2) is 8.42 Å². The van der Waals surface area contributed by atoms with Crippen LogP contribution >= 0.6 is 0 Å². The zero-order valence-corrected chi connectivity index (χ0v) is 17.4. The Balaban J connectivity index is 2.01. The Bertz CT molecular complexity index is 1220. The standard InChI is InChI=1S/C20H20N4O5S/c1-5-16(25)20(3)11-29-18-15(30(27,28)23-20)10-24(4)17(18)19(26)22-14-7-6-12(2)13(8-14)9-21/h1,6-8,10,16,23,25H,11H2,2-4H3,(H,22,26)/t16-,20-/m0/s1. The van der Waals surface area contributed by atoms with E-state index in [1.807, 2.05) is 6.07 Å². The van der Waals surface area contributed by atoms with Crippen LogP contribution < -0.4 is 14.8 Å². The predicted octanol–water partition coefficient (Wildman–Crippen LogP) is 0.881. The highest BCUT2D eigenvalue weighted by atomic mass is 32.2. The Morgan fingerprint density at radius 3 is 2.83 bits per heavy atom. The number of aromatic nitrogens is 1. The lowest BCUT2D eigenvalue weighted by Gasteiger charge is -2.29. The van der Waals surface area contributed by atoms with Crippen LogP contribution in [0.25, 0.3) is 0 Å². The molecule has 30 heavy (non-hydrogen) atoms. The van der Waals surface area contributed by atoms with E-state index in [1.54, 1.807) is 19.1 Å². The third kappa shape index (κ3) is 3.64. The largest absolute Gasteiger partial charge is 0.488 e. The summed E-state index contributed by atoms with van der Waals surface area (Å²) in [6, 6.07) is 6.89. The first kappa shape index (κ1) is 21.4. The van der Waals surface area contributed by atoms with E-state index in [4.69, 9.17) is 11.2 Å². The van der Waals surface area contributed by atoms with E-state index >= 15 is 0 Å². The van der Waals surface area contributed by atoms with Crippen LogP contribution in [0.4, 0.5) is 5.69 Å². The van der Waals surface area contributed by atoms with E-state index in [0.717, 1.165) is 5.56 Å². The number of aryl methyl sites for hydroxylation is 2. The van der Waals surface area contributed by atoms with Crippen molar-refractivity contribution in [3.8, 4) is 24.2 Å². The number of sulfonamides is 1. The van der Waals surface area contributed by atoms with Crippen LogP contribution in [-0.4, -0.2) is 42.2 Å². The van der Waals surface area contributed by atoms with E-state index in [9.17, 15) is 23.6 Å². The number of amides is 1. The van der Waals surface area contributed by atoms with Gasteiger partial charge < -0.3 is 19.7 Å². The first-order valence-electron chi connectivity index (χ1n) is 8.85. The molecule has 0 saturated carbocycles. The summed E-state index contributed by atoms with van der Waals surface area (Å²) in [6.07, 6.45) is 5.05. The molecule has 0 unspecified atom stereocenters. The van der Waals surface area contributed by atoms with E-state index in [2.05, 4.69) is 16.0 Å². The number of benzene rings is 1.